The zero-order valence-electron chi connectivity index (χ0n) is 14.8. The van der Waals surface area contributed by atoms with Crippen LogP contribution in [-0.4, -0.2) is 31.6 Å². The average Bonchev–Trinajstić information content (AvgIpc) is 2.94. The van der Waals surface area contributed by atoms with Crippen molar-refractivity contribution in [2.45, 2.75) is 0 Å². The first kappa shape index (κ1) is 19.2. The first-order valence-electron chi connectivity index (χ1n) is 7.82. The van der Waals surface area contributed by atoms with Gasteiger partial charge in [0, 0.05) is 0 Å². The number of carbonyl (C=O) groups is 1. The van der Waals surface area contributed by atoms with Crippen molar-refractivity contribution in [3.8, 4) is 17.2 Å². The van der Waals surface area contributed by atoms with E-state index in [9.17, 15) is 9.18 Å². The second-order valence-corrected chi connectivity index (χ2v) is 7.10. The molecular formula is C19H16FNO4S2. The van der Waals surface area contributed by atoms with Gasteiger partial charge in [-0.1, -0.05) is 36.1 Å². The van der Waals surface area contributed by atoms with Gasteiger partial charge in [0.15, 0.2) is 15.8 Å². The summed E-state index contributed by atoms with van der Waals surface area (Å²) in [4.78, 5) is 14.4. The SMILES string of the molecule is COc1cc(/C=C2\SC(=S)N(c3ccccc3F)C2=O)cc(OC)c1OC. The van der Waals surface area contributed by atoms with Crippen LogP contribution in [0, 0.1) is 5.82 Å². The Balaban J connectivity index is 2.00. The van der Waals surface area contributed by atoms with Crippen LogP contribution in [0.5, 0.6) is 17.2 Å². The molecule has 0 N–H and O–H groups in total. The molecule has 27 heavy (non-hydrogen) atoms. The standard InChI is InChI=1S/C19H16FNO4S2/c1-23-14-8-11(9-15(24-2)17(14)25-3)10-16-18(22)21(19(26)27-16)13-7-5-4-6-12(13)20/h4-10H,1-3H3/b16-10-. The number of carbonyl (C=O) groups excluding carboxylic acids is 1. The molecule has 2 aromatic carbocycles. The normalized spacial score (nSPS) is 15.4. The maximum absolute atomic E-state index is 14.1. The number of thioether (sulfide) groups is 1. The molecule has 8 heteroatoms. The van der Waals surface area contributed by atoms with Crippen molar-refractivity contribution in [2.75, 3.05) is 26.2 Å². The maximum Gasteiger partial charge on any atom is 0.270 e. The average molecular weight is 405 g/mol. The van der Waals surface area contributed by atoms with Gasteiger partial charge in [-0.25, -0.2) is 4.39 Å². The van der Waals surface area contributed by atoms with E-state index >= 15 is 0 Å². The fraction of sp³-hybridized carbons (Fsp3) is 0.158. The minimum absolute atomic E-state index is 0.133. The van der Waals surface area contributed by atoms with E-state index in [0.29, 0.717) is 27.7 Å². The van der Waals surface area contributed by atoms with E-state index in [0.717, 1.165) is 11.8 Å². The van der Waals surface area contributed by atoms with E-state index in [2.05, 4.69) is 0 Å². The number of hydrogen-bond donors (Lipinski definition) is 0. The Bertz CT molecular complexity index is 920. The number of para-hydroxylation sites is 1. The molecule has 1 amide bonds. The number of ether oxygens (including phenoxy) is 3. The van der Waals surface area contributed by atoms with Gasteiger partial charge in [0.2, 0.25) is 5.75 Å². The van der Waals surface area contributed by atoms with Gasteiger partial charge in [0.1, 0.15) is 5.82 Å². The number of thiocarbonyl (C=S) groups is 1. The number of methoxy groups -OCH3 is 3. The molecule has 0 spiro atoms. The summed E-state index contributed by atoms with van der Waals surface area (Å²) < 4.78 is 30.3. The number of halogens is 1. The molecule has 1 saturated heterocycles. The molecule has 5 nitrogen and oxygen atoms in total. The van der Waals surface area contributed by atoms with E-state index in [1.165, 1.54) is 38.4 Å². The Morgan fingerprint density at radius 3 is 2.26 bits per heavy atom. The number of anilines is 1. The minimum Gasteiger partial charge on any atom is -0.493 e. The molecule has 1 heterocycles. The number of nitrogens with zero attached hydrogens (tertiary/aromatic N) is 1. The quantitative estimate of drug-likeness (QED) is 0.547. The number of hydrogen-bond acceptors (Lipinski definition) is 6. The third-order valence-corrected chi connectivity index (χ3v) is 5.17. The summed E-state index contributed by atoms with van der Waals surface area (Å²) in [5, 5.41) is 0. The number of rotatable bonds is 5. The van der Waals surface area contributed by atoms with Crippen LogP contribution in [0.4, 0.5) is 10.1 Å². The van der Waals surface area contributed by atoms with Gasteiger partial charge in [0.25, 0.3) is 5.91 Å². The highest BCUT2D eigenvalue weighted by Gasteiger charge is 2.34. The molecule has 2 aromatic rings. The van der Waals surface area contributed by atoms with Gasteiger partial charge in [-0.3, -0.25) is 9.69 Å². The predicted molar refractivity (Wildman–Crippen MR) is 108 cm³/mol. The molecule has 1 fully saturated rings. The summed E-state index contributed by atoms with van der Waals surface area (Å²) in [6, 6.07) is 9.45. The lowest BCUT2D eigenvalue weighted by Gasteiger charge is -2.15. The lowest BCUT2D eigenvalue weighted by molar-refractivity contribution is -0.113. The summed E-state index contributed by atoms with van der Waals surface area (Å²) in [6.07, 6.45) is 1.66. The third-order valence-electron chi connectivity index (χ3n) is 3.87. The Kier molecular flexibility index (Phi) is 5.67. The molecule has 0 radical (unpaired) electrons. The first-order chi connectivity index (χ1) is 13.0. The number of amides is 1. The van der Waals surface area contributed by atoms with E-state index in [1.807, 2.05) is 0 Å². The molecule has 3 rings (SSSR count). The molecular weight excluding hydrogens is 389 g/mol. The van der Waals surface area contributed by atoms with Crippen LogP contribution >= 0.6 is 24.0 Å². The lowest BCUT2D eigenvalue weighted by Crippen LogP contribution is -2.28. The van der Waals surface area contributed by atoms with Gasteiger partial charge in [-0.15, -0.1) is 0 Å². The van der Waals surface area contributed by atoms with Crippen molar-refractivity contribution in [2.24, 2.45) is 0 Å². The maximum atomic E-state index is 14.1. The molecule has 1 aliphatic rings. The van der Waals surface area contributed by atoms with E-state index < -0.39 is 5.82 Å². The predicted octanol–water partition coefficient (Wildman–Crippen LogP) is 4.26. The fourth-order valence-corrected chi connectivity index (χ4v) is 3.93. The largest absolute Gasteiger partial charge is 0.493 e. The van der Waals surface area contributed by atoms with Gasteiger partial charge < -0.3 is 14.2 Å². The topological polar surface area (TPSA) is 48.0 Å². The first-order valence-corrected chi connectivity index (χ1v) is 9.05. The van der Waals surface area contributed by atoms with E-state index in [1.54, 1.807) is 30.3 Å². The van der Waals surface area contributed by atoms with Crippen molar-refractivity contribution in [1.29, 1.82) is 0 Å². The molecule has 0 atom stereocenters. The van der Waals surface area contributed by atoms with Gasteiger partial charge >= 0.3 is 0 Å². The van der Waals surface area contributed by atoms with Gasteiger partial charge in [-0.2, -0.15) is 0 Å². The monoisotopic (exact) mass is 405 g/mol. The Morgan fingerprint density at radius 2 is 1.70 bits per heavy atom. The Morgan fingerprint density at radius 1 is 1.07 bits per heavy atom. The van der Waals surface area contributed by atoms with Crippen LogP contribution in [0.25, 0.3) is 6.08 Å². The summed E-state index contributed by atoms with van der Waals surface area (Å²) in [6.45, 7) is 0. The zero-order chi connectivity index (χ0) is 19.6. The van der Waals surface area contributed by atoms with Crippen molar-refractivity contribution < 1.29 is 23.4 Å². The third kappa shape index (κ3) is 3.63. The van der Waals surface area contributed by atoms with Crippen LogP contribution in [0.2, 0.25) is 0 Å². The summed E-state index contributed by atoms with van der Waals surface area (Å²) in [5.41, 5.74) is 0.798. The van der Waals surface area contributed by atoms with Crippen LogP contribution in [0.3, 0.4) is 0 Å². The highest BCUT2D eigenvalue weighted by molar-refractivity contribution is 8.27. The van der Waals surface area contributed by atoms with Crippen LogP contribution < -0.4 is 19.1 Å². The molecule has 0 bridgehead atoms. The molecule has 0 aliphatic carbocycles. The second kappa shape index (κ2) is 7.98. The summed E-state index contributed by atoms with van der Waals surface area (Å²) >= 11 is 6.39. The molecule has 0 aromatic heterocycles. The fourth-order valence-electron chi connectivity index (χ4n) is 2.64. The van der Waals surface area contributed by atoms with Crippen LogP contribution in [0.15, 0.2) is 41.3 Å². The lowest BCUT2D eigenvalue weighted by atomic mass is 10.1. The Labute approximate surface area is 165 Å². The second-order valence-electron chi connectivity index (χ2n) is 5.43. The summed E-state index contributed by atoms with van der Waals surface area (Å²) in [5.74, 6) is 0.489. The van der Waals surface area contributed by atoms with Crippen molar-refractivity contribution >= 4 is 46.0 Å². The summed E-state index contributed by atoms with van der Waals surface area (Å²) in [7, 11) is 4.54. The molecule has 140 valence electrons. The van der Waals surface area contributed by atoms with Gasteiger partial charge in [0.05, 0.1) is 31.9 Å². The van der Waals surface area contributed by atoms with Crippen molar-refractivity contribution in [1.82, 2.24) is 0 Å². The van der Waals surface area contributed by atoms with Crippen LogP contribution in [0.1, 0.15) is 5.56 Å². The van der Waals surface area contributed by atoms with Crippen molar-refractivity contribution in [3.05, 3.63) is 52.7 Å². The number of benzene rings is 2. The molecule has 0 saturated carbocycles. The van der Waals surface area contributed by atoms with Crippen LogP contribution in [-0.2, 0) is 4.79 Å². The highest BCUT2D eigenvalue weighted by Crippen LogP contribution is 2.41. The molecule has 1 aliphatic heterocycles. The molecule has 0 unspecified atom stereocenters. The zero-order valence-corrected chi connectivity index (χ0v) is 16.4. The van der Waals surface area contributed by atoms with E-state index in [4.69, 9.17) is 26.4 Å². The highest BCUT2D eigenvalue weighted by atomic mass is 32.2. The van der Waals surface area contributed by atoms with Crippen molar-refractivity contribution in [3.63, 3.8) is 0 Å². The Hall–Kier alpha value is -2.58. The smallest absolute Gasteiger partial charge is 0.270 e. The van der Waals surface area contributed by atoms with Gasteiger partial charge in [-0.05, 0) is 35.9 Å². The van der Waals surface area contributed by atoms with E-state index in [-0.39, 0.29) is 15.9 Å². The minimum atomic E-state index is -0.511.